The van der Waals surface area contributed by atoms with E-state index in [1.54, 1.807) is 0 Å². The van der Waals surface area contributed by atoms with Crippen molar-refractivity contribution in [3.63, 3.8) is 0 Å². The fourth-order valence-electron chi connectivity index (χ4n) is 1.51. The second kappa shape index (κ2) is 4.22. The lowest BCUT2D eigenvalue weighted by molar-refractivity contribution is -0.288. The molecule has 0 aromatic rings. The number of hydrogen-bond acceptors (Lipinski definition) is 3. The zero-order valence-electron chi connectivity index (χ0n) is 8.32. The third-order valence-electron chi connectivity index (χ3n) is 2.25. The summed E-state index contributed by atoms with van der Waals surface area (Å²) in [6, 6.07) is 0. The Kier molecular flexibility index (Phi) is 3.47. The first kappa shape index (κ1) is 10.7. The Morgan fingerprint density at radius 1 is 1.62 bits per heavy atom. The molecule has 0 radical (unpaired) electrons. The molecule has 0 unspecified atom stereocenters. The van der Waals surface area contributed by atoms with Gasteiger partial charge in [-0.1, -0.05) is 6.08 Å². The van der Waals surface area contributed by atoms with Crippen LogP contribution in [0.3, 0.4) is 0 Å². The van der Waals surface area contributed by atoms with Gasteiger partial charge in [-0.05, 0) is 20.3 Å². The van der Waals surface area contributed by atoms with Crippen molar-refractivity contribution in [2.75, 3.05) is 13.2 Å². The Labute approximate surface area is 79.3 Å². The largest absolute Gasteiger partial charge is 0.396 e. The molecule has 0 aromatic heterocycles. The van der Waals surface area contributed by atoms with Gasteiger partial charge in [0.15, 0.2) is 5.79 Å². The lowest BCUT2D eigenvalue weighted by Crippen LogP contribution is -2.45. The molecule has 1 heterocycles. The smallest absolute Gasteiger partial charge is 0.163 e. The highest BCUT2D eigenvalue weighted by Crippen LogP contribution is 2.28. The Balaban J connectivity index is 2.57. The molecular weight excluding hydrogens is 168 g/mol. The molecule has 1 rings (SSSR count). The first-order valence-electron chi connectivity index (χ1n) is 4.64. The lowest BCUT2D eigenvalue weighted by atomic mass is 9.99. The average Bonchev–Trinajstić information content (AvgIpc) is 2.04. The first-order chi connectivity index (χ1) is 6.09. The van der Waals surface area contributed by atoms with Crippen molar-refractivity contribution >= 4 is 0 Å². The highest BCUT2D eigenvalue weighted by atomic mass is 16.7. The minimum absolute atomic E-state index is 0.0336. The second-order valence-electron chi connectivity index (χ2n) is 3.78. The summed E-state index contributed by atoms with van der Waals surface area (Å²) < 4.78 is 11.1. The molecule has 2 atom stereocenters. The van der Waals surface area contributed by atoms with Gasteiger partial charge in [0.1, 0.15) is 0 Å². The Morgan fingerprint density at radius 3 is 2.85 bits per heavy atom. The van der Waals surface area contributed by atoms with Gasteiger partial charge >= 0.3 is 0 Å². The SMILES string of the molecule is C=C[C@@H]1COC(C)(C)O[C@@H]1CCO. The molecule has 1 fully saturated rings. The summed E-state index contributed by atoms with van der Waals surface area (Å²) in [5, 5.41) is 8.85. The molecule has 0 saturated carbocycles. The zero-order valence-corrected chi connectivity index (χ0v) is 8.32. The Bertz CT molecular complexity index is 177. The van der Waals surface area contributed by atoms with Crippen LogP contribution in [0, 0.1) is 5.92 Å². The molecule has 0 bridgehead atoms. The van der Waals surface area contributed by atoms with Crippen LogP contribution in [0.4, 0.5) is 0 Å². The van der Waals surface area contributed by atoms with E-state index < -0.39 is 5.79 Å². The van der Waals surface area contributed by atoms with Gasteiger partial charge in [-0.3, -0.25) is 0 Å². The second-order valence-corrected chi connectivity index (χ2v) is 3.78. The summed E-state index contributed by atoms with van der Waals surface area (Å²) in [6.45, 7) is 8.26. The van der Waals surface area contributed by atoms with Crippen molar-refractivity contribution in [1.82, 2.24) is 0 Å². The molecular formula is C10H18O3. The van der Waals surface area contributed by atoms with E-state index in [9.17, 15) is 0 Å². The molecule has 1 N–H and O–H groups in total. The van der Waals surface area contributed by atoms with Crippen LogP contribution in [0.2, 0.25) is 0 Å². The van der Waals surface area contributed by atoms with Crippen molar-refractivity contribution < 1.29 is 14.6 Å². The van der Waals surface area contributed by atoms with Crippen LogP contribution in [0.1, 0.15) is 20.3 Å². The van der Waals surface area contributed by atoms with E-state index in [-0.39, 0.29) is 18.6 Å². The third kappa shape index (κ3) is 2.79. The van der Waals surface area contributed by atoms with Gasteiger partial charge in [0.2, 0.25) is 0 Å². The van der Waals surface area contributed by atoms with Crippen molar-refractivity contribution in [2.24, 2.45) is 5.92 Å². The van der Waals surface area contributed by atoms with Crippen LogP contribution in [0.5, 0.6) is 0 Å². The maximum absolute atomic E-state index is 8.85. The van der Waals surface area contributed by atoms with Crippen molar-refractivity contribution in [2.45, 2.75) is 32.2 Å². The van der Waals surface area contributed by atoms with Crippen LogP contribution in [-0.2, 0) is 9.47 Å². The molecule has 3 nitrogen and oxygen atoms in total. The van der Waals surface area contributed by atoms with Crippen LogP contribution in [-0.4, -0.2) is 30.2 Å². The fraction of sp³-hybridized carbons (Fsp3) is 0.800. The van der Waals surface area contributed by atoms with E-state index in [2.05, 4.69) is 6.58 Å². The molecule has 1 aliphatic heterocycles. The van der Waals surface area contributed by atoms with E-state index in [1.807, 2.05) is 19.9 Å². The van der Waals surface area contributed by atoms with Gasteiger partial charge < -0.3 is 14.6 Å². The van der Waals surface area contributed by atoms with Gasteiger partial charge in [-0.2, -0.15) is 0 Å². The summed E-state index contributed by atoms with van der Waals surface area (Å²) in [5.74, 6) is -0.334. The van der Waals surface area contributed by atoms with Gasteiger partial charge in [0.25, 0.3) is 0 Å². The van der Waals surface area contributed by atoms with Gasteiger partial charge in [0, 0.05) is 12.5 Å². The Morgan fingerprint density at radius 2 is 2.31 bits per heavy atom. The quantitative estimate of drug-likeness (QED) is 0.676. The molecule has 0 aliphatic carbocycles. The topological polar surface area (TPSA) is 38.7 Å². The number of ether oxygens (including phenoxy) is 2. The van der Waals surface area contributed by atoms with E-state index in [4.69, 9.17) is 14.6 Å². The monoisotopic (exact) mass is 186 g/mol. The molecule has 0 spiro atoms. The molecule has 0 amide bonds. The predicted octanol–water partition coefficient (Wildman–Crippen LogP) is 1.32. The van der Waals surface area contributed by atoms with Gasteiger partial charge in [-0.25, -0.2) is 0 Å². The van der Waals surface area contributed by atoms with Crippen molar-refractivity contribution in [1.29, 1.82) is 0 Å². The summed E-state index contributed by atoms with van der Waals surface area (Å²) in [5.41, 5.74) is 0. The summed E-state index contributed by atoms with van der Waals surface area (Å²) in [7, 11) is 0. The van der Waals surface area contributed by atoms with E-state index in [1.165, 1.54) is 0 Å². The summed E-state index contributed by atoms with van der Waals surface area (Å²) >= 11 is 0. The first-order valence-corrected chi connectivity index (χ1v) is 4.64. The minimum Gasteiger partial charge on any atom is -0.396 e. The number of hydrogen-bond donors (Lipinski definition) is 1. The molecule has 1 saturated heterocycles. The predicted molar refractivity (Wildman–Crippen MR) is 50.3 cm³/mol. The van der Waals surface area contributed by atoms with Gasteiger partial charge in [-0.15, -0.1) is 6.58 Å². The lowest BCUT2D eigenvalue weighted by Gasteiger charge is -2.40. The van der Waals surface area contributed by atoms with Crippen molar-refractivity contribution in [3.05, 3.63) is 12.7 Å². The van der Waals surface area contributed by atoms with Crippen molar-refractivity contribution in [3.8, 4) is 0 Å². The van der Waals surface area contributed by atoms with Crippen LogP contribution >= 0.6 is 0 Å². The summed E-state index contributed by atoms with van der Waals surface area (Å²) in [4.78, 5) is 0. The highest BCUT2D eigenvalue weighted by Gasteiger charge is 2.34. The van der Waals surface area contributed by atoms with Crippen LogP contribution in [0.25, 0.3) is 0 Å². The maximum Gasteiger partial charge on any atom is 0.163 e. The number of rotatable bonds is 3. The van der Waals surface area contributed by atoms with Crippen LogP contribution in [0.15, 0.2) is 12.7 Å². The molecule has 13 heavy (non-hydrogen) atoms. The maximum atomic E-state index is 8.85. The normalized spacial score (nSPS) is 32.8. The highest BCUT2D eigenvalue weighted by molar-refractivity contribution is 4.89. The molecule has 76 valence electrons. The van der Waals surface area contributed by atoms with E-state index in [0.29, 0.717) is 13.0 Å². The number of aliphatic hydroxyl groups excluding tert-OH is 1. The van der Waals surface area contributed by atoms with E-state index >= 15 is 0 Å². The van der Waals surface area contributed by atoms with E-state index in [0.717, 1.165) is 0 Å². The molecule has 0 aromatic carbocycles. The minimum atomic E-state index is -0.528. The number of aliphatic hydroxyl groups is 1. The zero-order chi connectivity index (χ0) is 9.90. The standard InChI is InChI=1S/C10H18O3/c1-4-8-7-12-10(2,3)13-9(8)5-6-11/h4,8-9,11H,1,5-7H2,2-3H3/t8-,9-/m1/s1. The average molecular weight is 186 g/mol. The van der Waals surface area contributed by atoms with Crippen LogP contribution < -0.4 is 0 Å². The van der Waals surface area contributed by atoms with Gasteiger partial charge in [0.05, 0.1) is 12.7 Å². The molecule has 1 aliphatic rings. The Hall–Kier alpha value is -0.380. The summed E-state index contributed by atoms with van der Waals surface area (Å²) in [6.07, 6.45) is 2.50. The third-order valence-corrected chi connectivity index (χ3v) is 2.25. The molecule has 3 heteroatoms. The fourth-order valence-corrected chi connectivity index (χ4v) is 1.51.